The first-order valence-corrected chi connectivity index (χ1v) is 7.41. The van der Waals surface area contributed by atoms with Crippen molar-refractivity contribution in [3.63, 3.8) is 0 Å². The van der Waals surface area contributed by atoms with Gasteiger partial charge in [0.2, 0.25) is 0 Å². The molecule has 1 atom stereocenters. The average molecular weight is 336 g/mol. The molecule has 0 aliphatic carbocycles. The summed E-state index contributed by atoms with van der Waals surface area (Å²) in [4.78, 5) is 12.2. The summed E-state index contributed by atoms with van der Waals surface area (Å²) in [5, 5.41) is 3.50. The number of carbonyl (C=O) groups excluding carboxylic acids is 1. The minimum atomic E-state index is -0.398. The van der Waals surface area contributed by atoms with Crippen LogP contribution in [0.2, 0.25) is 0 Å². The number of hydrogen-bond donors (Lipinski definition) is 1. The Kier molecular flexibility index (Phi) is 4.90. The predicted molar refractivity (Wildman–Crippen MR) is 81.6 cm³/mol. The lowest BCUT2D eigenvalue weighted by molar-refractivity contribution is 0.0940. The second-order valence-electron chi connectivity index (χ2n) is 4.61. The van der Waals surface area contributed by atoms with Crippen molar-refractivity contribution in [3.05, 3.63) is 71.0 Å². The number of amides is 1. The fraction of sp³-hybridized carbons (Fsp3) is 0.188. The van der Waals surface area contributed by atoms with E-state index in [1.165, 1.54) is 12.1 Å². The topological polar surface area (TPSA) is 29.1 Å². The van der Waals surface area contributed by atoms with Gasteiger partial charge in [-0.1, -0.05) is 46.3 Å². The van der Waals surface area contributed by atoms with Gasteiger partial charge in [-0.15, -0.1) is 0 Å². The second kappa shape index (κ2) is 6.66. The van der Waals surface area contributed by atoms with Crippen molar-refractivity contribution in [2.45, 2.75) is 13.0 Å². The molecule has 1 amide bonds. The van der Waals surface area contributed by atoms with Gasteiger partial charge in [0.1, 0.15) is 5.82 Å². The van der Waals surface area contributed by atoms with Crippen LogP contribution in [0.3, 0.4) is 0 Å². The molecule has 2 rings (SSSR count). The highest BCUT2D eigenvalue weighted by Crippen LogP contribution is 2.16. The Balaban J connectivity index is 2.17. The van der Waals surface area contributed by atoms with E-state index in [1.807, 2.05) is 30.3 Å². The standard InChI is InChI=1S/C16H15BrFNO/c1-11-7-13(9-14(18)8-11)16(20)19-15(10-17)12-5-3-2-4-6-12/h2-9,15H,10H2,1H3,(H,19,20). The summed E-state index contributed by atoms with van der Waals surface area (Å²) >= 11 is 3.39. The van der Waals surface area contributed by atoms with E-state index < -0.39 is 5.82 Å². The van der Waals surface area contributed by atoms with Crippen molar-refractivity contribution in [2.24, 2.45) is 0 Å². The third-order valence-corrected chi connectivity index (χ3v) is 3.61. The molecule has 0 saturated heterocycles. The van der Waals surface area contributed by atoms with Gasteiger partial charge in [0, 0.05) is 10.9 Å². The van der Waals surface area contributed by atoms with E-state index in [-0.39, 0.29) is 11.9 Å². The number of carbonyl (C=O) groups is 1. The van der Waals surface area contributed by atoms with Crippen molar-refractivity contribution in [1.29, 1.82) is 0 Å². The van der Waals surface area contributed by atoms with Gasteiger partial charge >= 0.3 is 0 Å². The molecule has 0 saturated carbocycles. The monoisotopic (exact) mass is 335 g/mol. The highest BCUT2D eigenvalue weighted by atomic mass is 79.9. The SMILES string of the molecule is Cc1cc(F)cc(C(=O)NC(CBr)c2ccccc2)c1. The Morgan fingerprint density at radius 1 is 1.25 bits per heavy atom. The highest BCUT2D eigenvalue weighted by molar-refractivity contribution is 9.09. The molecule has 0 bridgehead atoms. The van der Waals surface area contributed by atoms with Crippen molar-refractivity contribution < 1.29 is 9.18 Å². The van der Waals surface area contributed by atoms with E-state index in [2.05, 4.69) is 21.2 Å². The van der Waals surface area contributed by atoms with Crippen molar-refractivity contribution >= 4 is 21.8 Å². The van der Waals surface area contributed by atoms with Crippen LogP contribution in [0.5, 0.6) is 0 Å². The molecule has 2 nitrogen and oxygen atoms in total. The quantitative estimate of drug-likeness (QED) is 0.840. The number of nitrogens with one attached hydrogen (secondary N) is 1. The van der Waals surface area contributed by atoms with E-state index in [9.17, 15) is 9.18 Å². The number of hydrogen-bond acceptors (Lipinski definition) is 1. The molecular formula is C16H15BrFNO. The predicted octanol–water partition coefficient (Wildman–Crippen LogP) is 4.00. The highest BCUT2D eigenvalue weighted by Gasteiger charge is 2.15. The Bertz CT molecular complexity index is 580. The summed E-state index contributed by atoms with van der Waals surface area (Å²) < 4.78 is 13.3. The zero-order chi connectivity index (χ0) is 14.5. The Labute approximate surface area is 126 Å². The molecule has 20 heavy (non-hydrogen) atoms. The van der Waals surface area contributed by atoms with Gasteiger partial charge < -0.3 is 5.32 Å². The molecule has 2 aromatic carbocycles. The molecule has 104 valence electrons. The lowest BCUT2D eigenvalue weighted by atomic mass is 10.1. The second-order valence-corrected chi connectivity index (χ2v) is 5.26. The van der Waals surface area contributed by atoms with Gasteiger partial charge in [0.25, 0.3) is 5.91 Å². The molecule has 0 aromatic heterocycles. The van der Waals surface area contributed by atoms with Crippen LogP contribution in [0.1, 0.15) is 27.5 Å². The van der Waals surface area contributed by atoms with Crippen LogP contribution in [0.4, 0.5) is 4.39 Å². The fourth-order valence-corrected chi connectivity index (χ4v) is 2.54. The largest absolute Gasteiger partial charge is 0.344 e. The fourth-order valence-electron chi connectivity index (χ4n) is 2.01. The molecule has 0 spiro atoms. The van der Waals surface area contributed by atoms with Crippen LogP contribution in [0.15, 0.2) is 48.5 Å². The van der Waals surface area contributed by atoms with Crippen LogP contribution in [-0.4, -0.2) is 11.2 Å². The normalized spacial score (nSPS) is 11.9. The third kappa shape index (κ3) is 3.67. The third-order valence-electron chi connectivity index (χ3n) is 2.97. The van der Waals surface area contributed by atoms with Gasteiger partial charge in [-0.3, -0.25) is 4.79 Å². The van der Waals surface area contributed by atoms with E-state index in [0.717, 1.165) is 11.1 Å². The zero-order valence-electron chi connectivity index (χ0n) is 11.1. The lowest BCUT2D eigenvalue weighted by Crippen LogP contribution is -2.29. The minimum absolute atomic E-state index is 0.146. The summed E-state index contributed by atoms with van der Waals surface area (Å²) in [7, 11) is 0. The summed E-state index contributed by atoms with van der Waals surface area (Å²) in [6, 6.07) is 13.8. The van der Waals surface area contributed by atoms with Gasteiger partial charge in [-0.2, -0.15) is 0 Å². The molecule has 1 unspecified atom stereocenters. The van der Waals surface area contributed by atoms with Crippen LogP contribution in [-0.2, 0) is 0 Å². The summed E-state index contributed by atoms with van der Waals surface area (Å²) in [6.07, 6.45) is 0. The average Bonchev–Trinajstić information content (AvgIpc) is 2.44. The molecule has 0 aliphatic rings. The zero-order valence-corrected chi connectivity index (χ0v) is 12.7. The summed E-state index contributed by atoms with van der Waals surface area (Å²) in [5.41, 5.74) is 2.07. The van der Waals surface area contributed by atoms with Crippen LogP contribution in [0, 0.1) is 12.7 Å². The van der Waals surface area contributed by atoms with Gasteiger partial charge in [-0.25, -0.2) is 4.39 Å². The molecule has 2 aromatic rings. The molecule has 1 N–H and O–H groups in total. The van der Waals surface area contributed by atoms with Crippen LogP contribution in [0.25, 0.3) is 0 Å². The molecular weight excluding hydrogens is 321 g/mol. The van der Waals surface area contributed by atoms with Gasteiger partial charge in [0.15, 0.2) is 0 Å². The van der Waals surface area contributed by atoms with Crippen molar-refractivity contribution in [2.75, 3.05) is 5.33 Å². The lowest BCUT2D eigenvalue weighted by Gasteiger charge is -2.17. The van der Waals surface area contributed by atoms with E-state index in [0.29, 0.717) is 10.9 Å². The summed E-state index contributed by atoms with van der Waals surface area (Å²) in [6.45, 7) is 1.76. The number of halogens is 2. The first-order valence-electron chi connectivity index (χ1n) is 6.29. The first kappa shape index (κ1) is 14.7. The van der Waals surface area contributed by atoms with Crippen molar-refractivity contribution in [3.8, 4) is 0 Å². The van der Waals surface area contributed by atoms with E-state index >= 15 is 0 Å². The number of alkyl halides is 1. The first-order chi connectivity index (χ1) is 9.60. The van der Waals surface area contributed by atoms with E-state index in [1.54, 1.807) is 13.0 Å². The van der Waals surface area contributed by atoms with Crippen LogP contribution >= 0.6 is 15.9 Å². The molecule has 0 aliphatic heterocycles. The van der Waals surface area contributed by atoms with Gasteiger partial charge in [-0.05, 0) is 36.2 Å². The van der Waals surface area contributed by atoms with E-state index in [4.69, 9.17) is 0 Å². The van der Waals surface area contributed by atoms with Crippen molar-refractivity contribution in [1.82, 2.24) is 5.32 Å². The smallest absolute Gasteiger partial charge is 0.251 e. The number of benzene rings is 2. The maximum absolute atomic E-state index is 13.3. The number of rotatable bonds is 4. The Morgan fingerprint density at radius 3 is 2.55 bits per heavy atom. The molecule has 0 heterocycles. The Hall–Kier alpha value is -1.68. The Morgan fingerprint density at radius 2 is 1.95 bits per heavy atom. The maximum Gasteiger partial charge on any atom is 0.251 e. The van der Waals surface area contributed by atoms with Crippen LogP contribution < -0.4 is 5.32 Å². The van der Waals surface area contributed by atoms with Gasteiger partial charge in [0.05, 0.1) is 6.04 Å². The number of aryl methyl sites for hydroxylation is 1. The molecule has 0 radical (unpaired) electrons. The summed E-state index contributed by atoms with van der Waals surface area (Å²) in [5.74, 6) is -0.675. The molecule has 0 fully saturated rings. The maximum atomic E-state index is 13.3. The molecule has 4 heteroatoms. The minimum Gasteiger partial charge on any atom is -0.344 e.